The number of thioether (sulfide) groups is 1. The maximum absolute atomic E-state index is 3.29. The lowest BCUT2D eigenvalue weighted by Crippen LogP contribution is -2.13. The van der Waals surface area contributed by atoms with E-state index in [9.17, 15) is 0 Å². The first-order chi connectivity index (χ1) is 5.93. The summed E-state index contributed by atoms with van der Waals surface area (Å²) in [6.45, 7) is 1.06. The van der Waals surface area contributed by atoms with E-state index in [0.29, 0.717) is 0 Å². The molecule has 0 unspecified atom stereocenters. The van der Waals surface area contributed by atoms with Crippen LogP contribution < -0.4 is 5.43 Å². The lowest BCUT2D eigenvalue weighted by Gasteiger charge is -2.05. The average molecular weight is 184 g/mol. The first-order valence-electron chi connectivity index (χ1n) is 4.29. The molecule has 1 N–H and O–H groups in total. The van der Waals surface area contributed by atoms with Gasteiger partial charge in [-0.25, -0.2) is 0 Å². The molecule has 12 heavy (non-hydrogen) atoms. The number of nitrogens with one attached hydrogen (secondary N) is 1. The third-order valence-corrected chi connectivity index (χ3v) is 2.37. The molecule has 2 nitrogen and oxygen atoms in total. The van der Waals surface area contributed by atoms with Crippen LogP contribution in [0.15, 0.2) is 24.5 Å². The van der Waals surface area contributed by atoms with Crippen LogP contribution in [0.2, 0.25) is 0 Å². The van der Waals surface area contributed by atoms with Crippen LogP contribution in [0, 0.1) is 0 Å². The largest absolute Gasteiger partial charge is 0.326 e. The molecular formula is C9H16N2S. The van der Waals surface area contributed by atoms with Gasteiger partial charge in [-0.3, -0.25) is 4.68 Å². The van der Waals surface area contributed by atoms with E-state index in [-0.39, 0.29) is 0 Å². The van der Waals surface area contributed by atoms with Gasteiger partial charge >= 0.3 is 0 Å². The van der Waals surface area contributed by atoms with Gasteiger partial charge in [-0.1, -0.05) is 0 Å². The molecule has 0 radical (unpaired) electrons. The van der Waals surface area contributed by atoms with Crippen molar-refractivity contribution in [1.29, 1.82) is 0 Å². The minimum atomic E-state index is 1.06. The Kier molecular flexibility index (Phi) is 4.76. The van der Waals surface area contributed by atoms with E-state index in [1.807, 2.05) is 41.0 Å². The molecule has 0 spiro atoms. The highest BCUT2D eigenvalue weighted by molar-refractivity contribution is 7.98. The van der Waals surface area contributed by atoms with E-state index in [1.165, 1.54) is 18.6 Å². The van der Waals surface area contributed by atoms with Crippen molar-refractivity contribution in [2.45, 2.75) is 12.8 Å². The number of nitrogens with zero attached hydrogens (tertiary/aromatic N) is 1. The van der Waals surface area contributed by atoms with Crippen LogP contribution in [0.25, 0.3) is 0 Å². The average Bonchev–Trinajstić information content (AvgIpc) is 2.57. The van der Waals surface area contributed by atoms with Gasteiger partial charge in [0.05, 0.1) is 0 Å². The second-order valence-electron chi connectivity index (χ2n) is 2.70. The Morgan fingerprint density at radius 1 is 1.25 bits per heavy atom. The van der Waals surface area contributed by atoms with Gasteiger partial charge in [-0.2, -0.15) is 11.8 Å². The molecule has 0 aliphatic rings. The van der Waals surface area contributed by atoms with E-state index in [0.717, 1.165) is 6.54 Å². The van der Waals surface area contributed by atoms with Gasteiger partial charge in [0.15, 0.2) is 0 Å². The van der Waals surface area contributed by atoms with Crippen LogP contribution >= 0.6 is 11.8 Å². The molecule has 3 heteroatoms. The number of aromatic nitrogens is 1. The Labute approximate surface area is 78.3 Å². The Morgan fingerprint density at radius 2 is 2.00 bits per heavy atom. The lowest BCUT2D eigenvalue weighted by molar-refractivity contribution is 0.759. The van der Waals surface area contributed by atoms with Crippen LogP contribution in [-0.4, -0.2) is 23.2 Å². The molecule has 0 bridgehead atoms. The summed E-state index contributed by atoms with van der Waals surface area (Å²) in [5, 5.41) is 0. The highest BCUT2D eigenvalue weighted by Gasteiger charge is 1.87. The Hall–Kier alpha value is -0.570. The molecule has 1 aromatic rings. The lowest BCUT2D eigenvalue weighted by atomic mass is 10.3. The van der Waals surface area contributed by atoms with Crippen molar-refractivity contribution in [3.63, 3.8) is 0 Å². The summed E-state index contributed by atoms with van der Waals surface area (Å²) in [6, 6.07) is 4.05. The maximum Gasteiger partial charge on any atom is 0.0314 e. The summed E-state index contributed by atoms with van der Waals surface area (Å²) in [7, 11) is 0. The van der Waals surface area contributed by atoms with Crippen molar-refractivity contribution >= 4 is 11.8 Å². The number of rotatable bonds is 6. The summed E-state index contributed by atoms with van der Waals surface area (Å²) in [6.07, 6.45) is 8.75. The van der Waals surface area contributed by atoms with E-state index in [1.54, 1.807) is 0 Å². The maximum atomic E-state index is 3.29. The molecule has 0 fully saturated rings. The number of unbranched alkanes of at least 4 members (excludes halogenated alkanes) is 1. The normalized spacial score (nSPS) is 10.1. The summed E-state index contributed by atoms with van der Waals surface area (Å²) in [5.74, 6) is 1.27. The molecule has 0 amide bonds. The van der Waals surface area contributed by atoms with Crippen LogP contribution in [0.5, 0.6) is 0 Å². The van der Waals surface area contributed by atoms with Gasteiger partial charge in [-0.15, -0.1) is 0 Å². The van der Waals surface area contributed by atoms with Gasteiger partial charge < -0.3 is 5.43 Å². The molecule has 0 saturated heterocycles. The number of hydrogen-bond donors (Lipinski definition) is 1. The fourth-order valence-corrected chi connectivity index (χ4v) is 1.51. The Balaban J connectivity index is 1.96. The standard InChI is InChI=1S/C9H16N2S/c1-12-9-5-2-6-10-11-7-3-4-8-11/h3-4,7-8,10H,2,5-6,9H2,1H3. The minimum Gasteiger partial charge on any atom is -0.326 e. The molecule has 0 aromatic carbocycles. The summed E-state index contributed by atoms with van der Waals surface area (Å²) >= 11 is 1.91. The van der Waals surface area contributed by atoms with E-state index in [2.05, 4.69) is 11.7 Å². The smallest absolute Gasteiger partial charge is 0.0314 e. The molecule has 0 aliphatic heterocycles. The zero-order chi connectivity index (χ0) is 8.65. The summed E-state index contributed by atoms with van der Waals surface area (Å²) in [5.41, 5.74) is 3.29. The third-order valence-electron chi connectivity index (χ3n) is 1.67. The van der Waals surface area contributed by atoms with Gasteiger partial charge in [0, 0.05) is 18.9 Å². The van der Waals surface area contributed by atoms with Gasteiger partial charge in [-0.05, 0) is 37.0 Å². The van der Waals surface area contributed by atoms with Crippen molar-refractivity contribution < 1.29 is 0 Å². The first kappa shape index (κ1) is 9.52. The van der Waals surface area contributed by atoms with Crippen molar-refractivity contribution in [2.75, 3.05) is 24.0 Å². The molecule has 0 aliphatic carbocycles. The molecule has 1 heterocycles. The number of hydrogen-bond acceptors (Lipinski definition) is 2. The van der Waals surface area contributed by atoms with E-state index >= 15 is 0 Å². The minimum absolute atomic E-state index is 1.06. The third kappa shape index (κ3) is 3.72. The quantitative estimate of drug-likeness (QED) is 0.682. The zero-order valence-electron chi connectivity index (χ0n) is 7.49. The molecular weight excluding hydrogens is 168 g/mol. The van der Waals surface area contributed by atoms with Crippen molar-refractivity contribution in [3.8, 4) is 0 Å². The zero-order valence-corrected chi connectivity index (χ0v) is 8.31. The van der Waals surface area contributed by atoms with Gasteiger partial charge in [0.1, 0.15) is 0 Å². The molecule has 1 rings (SSSR count). The van der Waals surface area contributed by atoms with Crippen molar-refractivity contribution in [2.24, 2.45) is 0 Å². The monoisotopic (exact) mass is 184 g/mol. The second-order valence-corrected chi connectivity index (χ2v) is 3.68. The van der Waals surface area contributed by atoms with Gasteiger partial charge in [0.2, 0.25) is 0 Å². The van der Waals surface area contributed by atoms with Crippen molar-refractivity contribution in [1.82, 2.24) is 4.68 Å². The Bertz CT molecular complexity index is 184. The van der Waals surface area contributed by atoms with E-state index < -0.39 is 0 Å². The van der Waals surface area contributed by atoms with Gasteiger partial charge in [0.25, 0.3) is 0 Å². The summed E-state index contributed by atoms with van der Waals surface area (Å²) < 4.78 is 2.00. The molecule has 0 saturated carbocycles. The topological polar surface area (TPSA) is 17.0 Å². The second kappa shape index (κ2) is 6.00. The van der Waals surface area contributed by atoms with Crippen LogP contribution in [-0.2, 0) is 0 Å². The van der Waals surface area contributed by atoms with Crippen LogP contribution in [0.4, 0.5) is 0 Å². The Morgan fingerprint density at radius 3 is 2.67 bits per heavy atom. The first-order valence-corrected chi connectivity index (χ1v) is 5.68. The predicted molar refractivity (Wildman–Crippen MR) is 56.3 cm³/mol. The molecule has 0 atom stereocenters. The predicted octanol–water partition coefficient (Wildman–Crippen LogP) is 2.17. The van der Waals surface area contributed by atoms with Crippen LogP contribution in [0.3, 0.4) is 0 Å². The van der Waals surface area contributed by atoms with Crippen molar-refractivity contribution in [3.05, 3.63) is 24.5 Å². The molecule has 1 aromatic heterocycles. The fraction of sp³-hybridized carbons (Fsp3) is 0.556. The van der Waals surface area contributed by atoms with Crippen LogP contribution in [0.1, 0.15) is 12.8 Å². The highest BCUT2D eigenvalue weighted by Crippen LogP contribution is 1.98. The SMILES string of the molecule is CSCCCCNn1cccc1. The van der Waals surface area contributed by atoms with E-state index in [4.69, 9.17) is 0 Å². The molecule has 68 valence electrons. The fourth-order valence-electron chi connectivity index (χ4n) is 1.02. The summed E-state index contributed by atoms with van der Waals surface area (Å²) in [4.78, 5) is 0. The highest BCUT2D eigenvalue weighted by atomic mass is 32.2.